The Kier molecular flexibility index (Phi) is 6.89. The minimum Gasteiger partial charge on any atom is -0.395 e. The number of carbonyl (C=O) groups is 1. The SMILES string of the molecule is C/C(=N/OCCc1ccc(Br)cc1)C(=O)Nc1c(F)c(F)c(F)c(F)c1F. The first kappa shape index (κ1) is 20.8. The molecule has 0 spiro atoms. The van der Waals surface area contributed by atoms with E-state index in [0.29, 0.717) is 6.42 Å². The summed E-state index contributed by atoms with van der Waals surface area (Å²) in [5.41, 5.74) is -0.882. The lowest BCUT2D eigenvalue weighted by Gasteiger charge is -2.09. The predicted molar refractivity (Wildman–Crippen MR) is 91.8 cm³/mol. The van der Waals surface area contributed by atoms with Crippen molar-refractivity contribution in [3.8, 4) is 0 Å². The van der Waals surface area contributed by atoms with Crippen LogP contribution < -0.4 is 5.32 Å². The van der Waals surface area contributed by atoms with Crippen molar-refractivity contribution in [3.63, 3.8) is 0 Å². The normalized spacial score (nSPS) is 11.4. The third-order valence-electron chi connectivity index (χ3n) is 3.37. The number of anilines is 1. The van der Waals surface area contributed by atoms with Crippen LogP contribution in [0.4, 0.5) is 27.6 Å². The number of oxime groups is 1. The second-order valence-corrected chi connectivity index (χ2v) is 6.20. The van der Waals surface area contributed by atoms with Gasteiger partial charge in [-0.2, -0.15) is 0 Å². The number of hydrogen-bond acceptors (Lipinski definition) is 3. The molecule has 1 amide bonds. The predicted octanol–water partition coefficient (Wildman–Crippen LogP) is 4.72. The largest absolute Gasteiger partial charge is 0.395 e. The van der Waals surface area contributed by atoms with Crippen LogP contribution >= 0.6 is 15.9 Å². The lowest BCUT2D eigenvalue weighted by atomic mass is 10.2. The molecule has 0 bridgehead atoms. The van der Waals surface area contributed by atoms with Crippen molar-refractivity contribution in [3.05, 3.63) is 63.4 Å². The van der Waals surface area contributed by atoms with Gasteiger partial charge in [0, 0.05) is 10.9 Å². The molecule has 0 aromatic heterocycles. The number of halogens is 6. The zero-order valence-corrected chi connectivity index (χ0v) is 15.3. The van der Waals surface area contributed by atoms with Gasteiger partial charge in [0.2, 0.25) is 5.82 Å². The summed E-state index contributed by atoms with van der Waals surface area (Å²) < 4.78 is 67.2. The number of nitrogens with zero attached hydrogens (tertiary/aromatic N) is 1. The van der Waals surface area contributed by atoms with Crippen LogP contribution in [0, 0.1) is 29.1 Å². The standard InChI is InChI=1S/C17H12BrF5N2O2/c1-8(25-27-7-6-9-2-4-10(18)5-3-9)17(26)24-16-14(22)12(20)11(19)13(21)15(16)23/h2-5H,6-7H2,1H3,(H,24,26)/b25-8-. The third kappa shape index (κ3) is 5.03. The van der Waals surface area contributed by atoms with Gasteiger partial charge in [-0.25, -0.2) is 22.0 Å². The van der Waals surface area contributed by atoms with Crippen LogP contribution in [-0.4, -0.2) is 18.2 Å². The highest BCUT2D eigenvalue weighted by Crippen LogP contribution is 2.27. The molecule has 0 saturated carbocycles. The van der Waals surface area contributed by atoms with Gasteiger partial charge in [-0.15, -0.1) is 0 Å². The maximum absolute atomic E-state index is 13.5. The number of carbonyl (C=O) groups excluding carboxylic acids is 1. The van der Waals surface area contributed by atoms with Crippen molar-refractivity contribution in [1.82, 2.24) is 0 Å². The molecule has 0 unspecified atom stereocenters. The van der Waals surface area contributed by atoms with Crippen molar-refractivity contribution in [2.75, 3.05) is 11.9 Å². The Morgan fingerprint density at radius 1 is 1.00 bits per heavy atom. The zero-order chi connectivity index (χ0) is 20.1. The smallest absolute Gasteiger partial charge is 0.273 e. The molecule has 144 valence electrons. The van der Waals surface area contributed by atoms with E-state index in [1.807, 2.05) is 24.3 Å². The third-order valence-corrected chi connectivity index (χ3v) is 3.90. The Balaban J connectivity index is 1.99. The molecule has 2 aromatic carbocycles. The summed E-state index contributed by atoms with van der Waals surface area (Å²) in [6.45, 7) is 1.26. The van der Waals surface area contributed by atoms with Gasteiger partial charge >= 0.3 is 0 Å². The van der Waals surface area contributed by atoms with Crippen LogP contribution in [0.3, 0.4) is 0 Å². The molecule has 27 heavy (non-hydrogen) atoms. The zero-order valence-electron chi connectivity index (χ0n) is 13.8. The van der Waals surface area contributed by atoms with E-state index < -0.39 is 40.7 Å². The number of benzene rings is 2. The highest BCUT2D eigenvalue weighted by molar-refractivity contribution is 9.10. The Bertz CT molecular complexity index is 859. The number of amides is 1. The first-order chi connectivity index (χ1) is 12.7. The molecule has 0 heterocycles. The van der Waals surface area contributed by atoms with Gasteiger partial charge < -0.3 is 10.2 Å². The van der Waals surface area contributed by atoms with E-state index >= 15 is 0 Å². The first-order valence-corrected chi connectivity index (χ1v) is 8.25. The Hall–Kier alpha value is -2.49. The summed E-state index contributed by atoms with van der Waals surface area (Å²) in [4.78, 5) is 16.8. The Morgan fingerprint density at radius 3 is 2.07 bits per heavy atom. The van der Waals surface area contributed by atoms with Gasteiger partial charge in [-0.3, -0.25) is 4.79 Å². The summed E-state index contributed by atoms with van der Waals surface area (Å²) in [5, 5.41) is 5.06. The molecule has 2 rings (SSSR count). The maximum atomic E-state index is 13.5. The van der Waals surface area contributed by atoms with Gasteiger partial charge in [0.25, 0.3) is 5.91 Å². The fourth-order valence-electron chi connectivity index (χ4n) is 1.92. The maximum Gasteiger partial charge on any atom is 0.273 e. The minimum absolute atomic E-state index is 0.106. The highest BCUT2D eigenvalue weighted by atomic mass is 79.9. The molecule has 0 aliphatic carbocycles. The van der Waals surface area contributed by atoms with E-state index in [4.69, 9.17) is 4.84 Å². The molecule has 4 nitrogen and oxygen atoms in total. The average Bonchev–Trinajstić information content (AvgIpc) is 2.66. The molecule has 1 N–H and O–H groups in total. The summed E-state index contributed by atoms with van der Waals surface area (Å²) in [5.74, 6) is -12.1. The van der Waals surface area contributed by atoms with Gasteiger partial charge in [0.05, 0.1) is 0 Å². The Morgan fingerprint density at radius 2 is 1.52 bits per heavy atom. The van der Waals surface area contributed by atoms with E-state index in [0.717, 1.165) is 17.0 Å². The van der Waals surface area contributed by atoms with E-state index in [1.165, 1.54) is 0 Å². The lowest BCUT2D eigenvalue weighted by molar-refractivity contribution is -0.110. The van der Waals surface area contributed by atoms with Gasteiger partial charge in [0.1, 0.15) is 18.0 Å². The van der Waals surface area contributed by atoms with E-state index in [-0.39, 0.29) is 12.3 Å². The second-order valence-electron chi connectivity index (χ2n) is 5.29. The van der Waals surface area contributed by atoms with Gasteiger partial charge in [0.15, 0.2) is 23.3 Å². The fraction of sp³-hybridized carbons (Fsp3) is 0.176. The van der Waals surface area contributed by atoms with E-state index in [9.17, 15) is 26.7 Å². The minimum atomic E-state index is -2.32. The fourth-order valence-corrected chi connectivity index (χ4v) is 2.18. The van der Waals surface area contributed by atoms with Crippen molar-refractivity contribution in [2.45, 2.75) is 13.3 Å². The molecule has 0 aliphatic rings. The monoisotopic (exact) mass is 450 g/mol. The van der Waals surface area contributed by atoms with Crippen LogP contribution in [0.1, 0.15) is 12.5 Å². The number of nitrogens with one attached hydrogen (secondary N) is 1. The van der Waals surface area contributed by atoms with E-state index in [2.05, 4.69) is 21.1 Å². The second kappa shape index (κ2) is 8.94. The topological polar surface area (TPSA) is 50.7 Å². The quantitative estimate of drug-likeness (QED) is 0.173. The van der Waals surface area contributed by atoms with Crippen LogP contribution in [0.2, 0.25) is 0 Å². The van der Waals surface area contributed by atoms with Crippen LogP contribution in [0.25, 0.3) is 0 Å². The molecule has 0 radical (unpaired) electrons. The summed E-state index contributed by atoms with van der Waals surface area (Å²) in [6, 6.07) is 7.36. The van der Waals surface area contributed by atoms with Crippen molar-refractivity contribution < 1.29 is 31.6 Å². The average molecular weight is 451 g/mol. The summed E-state index contributed by atoms with van der Waals surface area (Å²) >= 11 is 3.29. The highest BCUT2D eigenvalue weighted by Gasteiger charge is 2.27. The molecular weight excluding hydrogens is 439 g/mol. The summed E-state index contributed by atoms with van der Waals surface area (Å²) in [7, 11) is 0. The van der Waals surface area contributed by atoms with Crippen molar-refractivity contribution in [2.24, 2.45) is 5.16 Å². The number of hydrogen-bond donors (Lipinski definition) is 1. The number of rotatable bonds is 6. The molecule has 2 aromatic rings. The molecular formula is C17H12BrF5N2O2. The van der Waals surface area contributed by atoms with Crippen LogP contribution in [0.5, 0.6) is 0 Å². The molecule has 0 aliphatic heterocycles. The first-order valence-electron chi connectivity index (χ1n) is 7.46. The Labute approximate surface area is 159 Å². The van der Waals surface area contributed by atoms with Crippen LogP contribution in [-0.2, 0) is 16.1 Å². The van der Waals surface area contributed by atoms with Crippen molar-refractivity contribution in [1.29, 1.82) is 0 Å². The molecule has 10 heteroatoms. The molecule has 0 fully saturated rings. The molecule has 0 saturated heterocycles. The van der Waals surface area contributed by atoms with E-state index in [1.54, 1.807) is 5.32 Å². The summed E-state index contributed by atoms with van der Waals surface area (Å²) in [6.07, 6.45) is 0.476. The molecule has 0 atom stereocenters. The van der Waals surface area contributed by atoms with Crippen molar-refractivity contribution >= 4 is 33.2 Å². The van der Waals surface area contributed by atoms with Gasteiger partial charge in [-0.1, -0.05) is 33.2 Å². The lowest BCUT2D eigenvalue weighted by Crippen LogP contribution is -2.23. The van der Waals surface area contributed by atoms with Gasteiger partial charge in [-0.05, 0) is 24.6 Å². The van der Waals surface area contributed by atoms with Crippen LogP contribution in [0.15, 0.2) is 33.9 Å².